The van der Waals surface area contributed by atoms with Crippen LogP contribution in [-0.4, -0.2) is 28.2 Å². The second-order valence-corrected chi connectivity index (χ2v) is 6.81. The van der Waals surface area contributed by atoms with Gasteiger partial charge in [0.1, 0.15) is 12.0 Å². The number of hydrogen-bond acceptors (Lipinski definition) is 4. The Morgan fingerprint density at radius 1 is 1.32 bits per heavy atom. The quantitative estimate of drug-likeness (QED) is 0.790. The van der Waals surface area contributed by atoms with Gasteiger partial charge in [-0.25, -0.2) is 4.79 Å². The largest absolute Gasteiger partial charge is 0.612 e. The number of carboxylic acids is 1. The number of allylic oxidation sites excluding steroid dienone is 3. The van der Waals surface area contributed by atoms with E-state index in [0.717, 1.165) is 12.1 Å². The van der Waals surface area contributed by atoms with Crippen molar-refractivity contribution in [1.29, 1.82) is 0 Å². The smallest absolute Gasteiger partial charge is 0.573 e. The summed E-state index contributed by atoms with van der Waals surface area (Å²) in [6.45, 7) is 3.19. The summed E-state index contributed by atoms with van der Waals surface area (Å²) in [6.07, 6.45) is -3.47. The van der Waals surface area contributed by atoms with Gasteiger partial charge >= 0.3 is 12.3 Å². The number of rotatable bonds is 4. The van der Waals surface area contributed by atoms with Crippen LogP contribution in [0.2, 0.25) is 0 Å². The maximum atomic E-state index is 12.5. The summed E-state index contributed by atoms with van der Waals surface area (Å²) in [5.74, 6) is -2.65. The van der Waals surface area contributed by atoms with Crippen molar-refractivity contribution in [3.05, 3.63) is 51.7 Å². The van der Waals surface area contributed by atoms with Crippen molar-refractivity contribution in [1.82, 2.24) is 5.32 Å². The first-order chi connectivity index (χ1) is 11.5. The molecule has 0 spiro atoms. The van der Waals surface area contributed by atoms with Crippen molar-refractivity contribution in [3.8, 4) is 5.75 Å². The molecule has 25 heavy (non-hydrogen) atoms. The maximum Gasteiger partial charge on any atom is 0.573 e. The van der Waals surface area contributed by atoms with Crippen molar-refractivity contribution in [2.24, 2.45) is 0 Å². The number of ether oxygens (including phenoxy) is 1. The summed E-state index contributed by atoms with van der Waals surface area (Å²) >= 11 is -1.53. The van der Waals surface area contributed by atoms with E-state index >= 15 is 0 Å². The van der Waals surface area contributed by atoms with Gasteiger partial charge in [0.15, 0.2) is 4.91 Å². The molecule has 1 aromatic carbocycles. The number of carboxylic acid groups (broad SMARTS) is 1. The molecular weight excluding hydrogens is 359 g/mol. The fourth-order valence-electron chi connectivity index (χ4n) is 2.85. The number of halogens is 3. The van der Waals surface area contributed by atoms with E-state index in [-0.39, 0.29) is 11.1 Å². The molecule has 1 aliphatic heterocycles. The molecule has 0 aliphatic carbocycles. The summed E-state index contributed by atoms with van der Waals surface area (Å²) in [5, 5.41) is 12.4. The predicted molar refractivity (Wildman–Crippen MR) is 86.1 cm³/mol. The van der Waals surface area contributed by atoms with E-state index in [1.807, 2.05) is 0 Å². The lowest BCUT2D eigenvalue weighted by molar-refractivity contribution is -0.274. The van der Waals surface area contributed by atoms with Gasteiger partial charge in [-0.3, -0.25) is 0 Å². The predicted octanol–water partition coefficient (Wildman–Crippen LogP) is 3.24. The Kier molecular flexibility index (Phi) is 5.38. The monoisotopic (exact) mass is 375 g/mol. The van der Waals surface area contributed by atoms with Crippen molar-refractivity contribution in [2.45, 2.75) is 26.1 Å². The number of aliphatic carboxylic acids is 1. The highest BCUT2D eigenvalue weighted by Gasteiger charge is 2.39. The fraction of sp³-hybridized carbons (Fsp3) is 0.312. The van der Waals surface area contributed by atoms with Crippen LogP contribution >= 0.6 is 0 Å². The highest BCUT2D eigenvalue weighted by Crippen LogP contribution is 2.41. The standard InChI is InChI=1S/C16H16F3NO4S/c1-8-12(15(21)22)13(14(25(3)23)9(2)20-8)10-5-4-6-11(7-10)24-16(17,18)19/h4-7,13,20H,1-3H3,(H,21,22). The molecule has 2 rings (SSSR count). The molecule has 2 unspecified atom stereocenters. The van der Waals surface area contributed by atoms with Crippen molar-refractivity contribution in [2.75, 3.05) is 6.26 Å². The maximum absolute atomic E-state index is 12.5. The molecule has 1 aliphatic rings. The minimum absolute atomic E-state index is 0.0695. The van der Waals surface area contributed by atoms with E-state index in [0.29, 0.717) is 16.3 Å². The fourth-order valence-corrected chi connectivity index (χ4v) is 3.92. The molecule has 1 aromatic rings. The van der Waals surface area contributed by atoms with Crippen molar-refractivity contribution in [3.63, 3.8) is 0 Å². The first-order valence-corrected chi connectivity index (χ1v) is 8.68. The first kappa shape index (κ1) is 19.2. The van der Waals surface area contributed by atoms with Gasteiger partial charge in [0.2, 0.25) is 0 Å². The number of nitrogens with one attached hydrogen (secondary N) is 1. The van der Waals surface area contributed by atoms with Gasteiger partial charge < -0.3 is 19.7 Å². The molecule has 0 radical (unpaired) electrons. The van der Waals surface area contributed by atoms with Crippen LogP contribution in [0.25, 0.3) is 0 Å². The summed E-state index contributed by atoms with van der Waals surface area (Å²) in [5.41, 5.74) is 1.03. The van der Waals surface area contributed by atoms with E-state index in [1.165, 1.54) is 18.4 Å². The van der Waals surface area contributed by atoms with Crippen molar-refractivity contribution >= 4 is 17.1 Å². The average molecular weight is 375 g/mol. The summed E-state index contributed by atoms with van der Waals surface area (Å²) in [4.78, 5) is 12.0. The van der Waals surface area contributed by atoms with Gasteiger partial charge in [-0.15, -0.1) is 13.2 Å². The van der Waals surface area contributed by atoms with Gasteiger partial charge in [0.25, 0.3) is 0 Å². The molecule has 1 heterocycles. The highest BCUT2D eigenvalue weighted by atomic mass is 32.2. The molecule has 0 fully saturated rings. The Hall–Kier alpha value is -2.13. The van der Waals surface area contributed by atoms with Crippen LogP contribution in [0.4, 0.5) is 13.2 Å². The third kappa shape index (κ3) is 4.29. The lowest BCUT2D eigenvalue weighted by Gasteiger charge is -2.29. The van der Waals surface area contributed by atoms with E-state index < -0.39 is 35.2 Å². The second-order valence-electron chi connectivity index (χ2n) is 5.47. The lowest BCUT2D eigenvalue weighted by atomic mass is 9.86. The normalized spacial score (nSPS) is 19.6. The molecule has 0 amide bonds. The SMILES string of the molecule is CC1=C(C(=O)O)C(c2cccc(OC(F)(F)F)c2)C([S+](C)[O-])=C(C)N1. The molecule has 0 bridgehead atoms. The molecule has 5 nitrogen and oxygen atoms in total. The molecule has 2 N–H and O–H groups in total. The van der Waals surface area contributed by atoms with E-state index in [9.17, 15) is 27.6 Å². The second kappa shape index (κ2) is 7.01. The molecule has 0 saturated heterocycles. The zero-order chi connectivity index (χ0) is 18.9. The van der Waals surface area contributed by atoms with Gasteiger partial charge in [-0.05, 0) is 42.7 Å². The third-order valence-electron chi connectivity index (χ3n) is 3.66. The first-order valence-electron chi connectivity index (χ1n) is 7.12. The molecule has 9 heteroatoms. The van der Waals surface area contributed by atoms with Gasteiger partial charge in [0, 0.05) is 5.70 Å². The molecule has 0 saturated carbocycles. The van der Waals surface area contributed by atoms with Gasteiger partial charge in [-0.2, -0.15) is 0 Å². The van der Waals surface area contributed by atoms with Crippen molar-refractivity contribution < 1.29 is 32.4 Å². The Morgan fingerprint density at radius 3 is 2.48 bits per heavy atom. The summed E-state index contributed by atoms with van der Waals surface area (Å²) < 4.78 is 53.4. The Balaban J connectivity index is 2.60. The zero-order valence-corrected chi connectivity index (χ0v) is 14.4. The minimum atomic E-state index is -4.86. The number of carbonyl (C=O) groups is 1. The van der Waals surface area contributed by atoms with Crippen LogP contribution < -0.4 is 10.1 Å². The molecule has 136 valence electrons. The summed E-state index contributed by atoms with van der Waals surface area (Å²) in [6, 6.07) is 5.04. The van der Waals surface area contributed by atoms with E-state index in [1.54, 1.807) is 13.8 Å². The van der Waals surface area contributed by atoms with Crippen LogP contribution in [0.15, 0.2) is 46.1 Å². The number of dihydropyridines is 1. The average Bonchev–Trinajstić information content (AvgIpc) is 2.43. The van der Waals surface area contributed by atoms with Gasteiger partial charge in [0.05, 0.1) is 17.2 Å². The molecule has 0 aromatic heterocycles. The Bertz CT molecular complexity index is 756. The Labute approximate surface area is 145 Å². The van der Waals surface area contributed by atoms with Crippen LogP contribution in [0.5, 0.6) is 5.75 Å². The minimum Gasteiger partial charge on any atom is -0.612 e. The highest BCUT2D eigenvalue weighted by molar-refractivity contribution is 7.94. The lowest BCUT2D eigenvalue weighted by Crippen LogP contribution is -2.30. The van der Waals surface area contributed by atoms with E-state index in [2.05, 4.69) is 10.1 Å². The number of alkyl halides is 3. The third-order valence-corrected chi connectivity index (χ3v) is 4.83. The molecular formula is C16H16F3NO4S. The molecule has 2 atom stereocenters. The zero-order valence-electron chi connectivity index (χ0n) is 13.6. The van der Waals surface area contributed by atoms with Crippen LogP contribution in [0.3, 0.4) is 0 Å². The Morgan fingerprint density at radius 2 is 1.96 bits per heavy atom. The number of benzene rings is 1. The van der Waals surface area contributed by atoms with Crippen LogP contribution in [-0.2, 0) is 16.0 Å². The topological polar surface area (TPSA) is 81.6 Å². The number of hydrogen-bond donors (Lipinski definition) is 2. The van der Waals surface area contributed by atoms with Crippen LogP contribution in [0.1, 0.15) is 25.3 Å². The van der Waals surface area contributed by atoms with Gasteiger partial charge in [-0.1, -0.05) is 12.1 Å². The summed E-state index contributed by atoms with van der Waals surface area (Å²) in [7, 11) is 0. The van der Waals surface area contributed by atoms with Crippen LogP contribution in [0, 0.1) is 0 Å². The van der Waals surface area contributed by atoms with E-state index in [4.69, 9.17) is 0 Å².